The lowest BCUT2D eigenvalue weighted by Gasteiger charge is -2.34. The number of aromatic nitrogens is 1. The van der Waals surface area contributed by atoms with Crippen molar-refractivity contribution in [2.75, 3.05) is 18.0 Å². The first kappa shape index (κ1) is 14.1. The highest BCUT2D eigenvalue weighted by Crippen LogP contribution is 2.19. The molecule has 0 spiro atoms. The average molecular weight is 282 g/mol. The van der Waals surface area contributed by atoms with Crippen molar-refractivity contribution in [2.45, 2.75) is 32.7 Å². The molecule has 1 amide bonds. The standard InChI is InChI=1S/C14H20ClN3O/c1-10(2)14(19)17-12-4-3-7-18(9-12)13-6-5-11(15)8-16-13/h5-6,8,10,12H,3-4,7,9H2,1-2H3,(H,17,19). The predicted molar refractivity (Wildman–Crippen MR) is 77.5 cm³/mol. The molecule has 2 rings (SSSR count). The molecule has 0 bridgehead atoms. The van der Waals surface area contributed by atoms with Crippen LogP contribution in [-0.2, 0) is 4.79 Å². The van der Waals surface area contributed by atoms with Crippen LogP contribution in [0.5, 0.6) is 0 Å². The number of piperidine rings is 1. The molecular formula is C14H20ClN3O. The second-order valence-corrected chi connectivity index (χ2v) is 5.72. The van der Waals surface area contributed by atoms with Gasteiger partial charge in [0.1, 0.15) is 5.82 Å². The van der Waals surface area contributed by atoms with Crippen LogP contribution in [0.3, 0.4) is 0 Å². The lowest BCUT2D eigenvalue weighted by atomic mass is 10.0. The van der Waals surface area contributed by atoms with Crippen LogP contribution in [0, 0.1) is 5.92 Å². The van der Waals surface area contributed by atoms with Crippen molar-refractivity contribution in [3.63, 3.8) is 0 Å². The molecule has 1 aliphatic rings. The molecule has 1 unspecified atom stereocenters. The molecule has 1 aliphatic heterocycles. The first-order chi connectivity index (χ1) is 9.06. The van der Waals surface area contributed by atoms with Crippen LogP contribution in [0.2, 0.25) is 5.02 Å². The Balaban J connectivity index is 1.97. The Morgan fingerprint density at radius 1 is 1.53 bits per heavy atom. The van der Waals surface area contributed by atoms with Gasteiger partial charge in [-0.3, -0.25) is 4.79 Å². The van der Waals surface area contributed by atoms with Crippen molar-refractivity contribution < 1.29 is 4.79 Å². The molecule has 1 atom stereocenters. The monoisotopic (exact) mass is 281 g/mol. The molecule has 2 heterocycles. The van der Waals surface area contributed by atoms with E-state index in [-0.39, 0.29) is 17.9 Å². The van der Waals surface area contributed by atoms with Gasteiger partial charge in [0.15, 0.2) is 0 Å². The van der Waals surface area contributed by atoms with Gasteiger partial charge in [0.25, 0.3) is 0 Å². The van der Waals surface area contributed by atoms with Crippen LogP contribution >= 0.6 is 11.6 Å². The summed E-state index contributed by atoms with van der Waals surface area (Å²) in [7, 11) is 0. The lowest BCUT2D eigenvalue weighted by molar-refractivity contribution is -0.124. The number of amides is 1. The maximum Gasteiger partial charge on any atom is 0.222 e. The van der Waals surface area contributed by atoms with Gasteiger partial charge >= 0.3 is 0 Å². The number of hydrogen-bond donors (Lipinski definition) is 1. The van der Waals surface area contributed by atoms with Gasteiger partial charge < -0.3 is 10.2 Å². The minimum atomic E-state index is 0.0315. The number of carbonyl (C=O) groups is 1. The largest absolute Gasteiger partial charge is 0.355 e. The van der Waals surface area contributed by atoms with Crippen molar-refractivity contribution in [1.29, 1.82) is 0 Å². The average Bonchev–Trinajstić information content (AvgIpc) is 2.39. The number of anilines is 1. The Bertz CT molecular complexity index is 433. The van der Waals surface area contributed by atoms with Crippen molar-refractivity contribution in [3.8, 4) is 0 Å². The molecule has 0 radical (unpaired) electrons. The van der Waals surface area contributed by atoms with Gasteiger partial charge in [-0.15, -0.1) is 0 Å². The summed E-state index contributed by atoms with van der Waals surface area (Å²) in [5.74, 6) is 1.08. The summed E-state index contributed by atoms with van der Waals surface area (Å²) in [6, 6.07) is 3.98. The van der Waals surface area contributed by atoms with Gasteiger partial charge in [-0.2, -0.15) is 0 Å². The van der Waals surface area contributed by atoms with Gasteiger partial charge in [-0.25, -0.2) is 4.98 Å². The van der Waals surface area contributed by atoms with E-state index >= 15 is 0 Å². The second kappa shape index (κ2) is 6.24. The number of pyridine rings is 1. The fourth-order valence-corrected chi connectivity index (χ4v) is 2.34. The molecule has 19 heavy (non-hydrogen) atoms. The first-order valence-electron chi connectivity index (χ1n) is 6.73. The van der Waals surface area contributed by atoms with E-state index in [2.05, 4.69) is 15.2 Å². The van der Waals surface area contributed by atoms with Gasteiger partial charge in [0.05, 0.1) is 5.02 Å². The molecular weight excluding hydrogens is 262 g/mol. The zero-order valence-electron chi connectivity index (χ0n) is 11.4. The minimum Gasteiger partial charge on any atom is -0.355 e. The summed E-state index contributed by atoms with van der Waals surface area (Å²) >= 11 is 5.84. The summed E-state index contributed by atoms with van der Waals surface area (Å²) in [5.41, 5.74) is 0. The third-order valence-electron chi connectivity index (χ3n) is 3.33. The van der Waals surface area contributed by atoms with Crippen LogP contribution in [0.1, 0.15) is 26.7 Å². The predicted octanol–water partition coefficient (Wildman–Crippen LogP) is 2.48. The summed E-state index contributed by atoms with van der Waals surface area (Å²) in [5, 5.41) is 3.74. The molecule has 0 aliphatic carbocycles. The van der Waals surface area contributed by atoms with Gasteiger partial charge in [-0.05, 0) is 25.0 Å². The third kappa shape index (κ3) is 3.83. The van der Waals surface area contributed by atoms with Crippen LogP contribution in [0.4, 0.5) is 5.82 Å². The Kier molecular flexibility index (Phi) is 4.64. The van der Waals surface area contributed by atoms with Crippen LogP contribution in [0.25, 0.3) is 0 Å². The Morgan fingerprint density at radius 2 is 2.32 bits per heavy atom. The smallest absolute Gasteiger partial charge is 0.222 e. The highest BCUT2D eigenvalue weighted by Gasteiger charge is 2.22. The molecule has 5 heteroatoms. The number of halogens is 1. The molecule has 4 nitrogen and oxygen atoms in total. The van der Waals surface area contributed by atoms with Crippen LogP contribution < -0.4 is 10.2 Å². The fraction of sp³-hybridized carbons (Fsp3) is 0.571. The Morgan fingerprint density at radius 3 is 2.95 bits per heavy atom. The van der Waals surface area contributed by atoms with Crippen molar-refractivity contribution in [3.05, 3.63) is 23.4 Å². The van der Waals surface area contributed by atoms with Gasteiger partial charge in [0, 0.05) is 31.2 Å². The van der Waals surface area contributed by atoms with E-state index in [9.17, 15) is 4.79 Å². The normalized spacial score (nSPS) is 19.6. The van der Waals surface area contributed by atoms with E-state index in [1.165, 1.54) is 0 Å². The zero-order chi connectivity index (χ0) is 13.8. The van der Waals surface area contributed by atoms with E-state index in [1.807, 2.05) is 26.0 Å². The molecule has 1 aromatic rings. The number of hydrogen-bond acceptors (Lipinski definition) is 3. The maximum atomic E-state index is 11.7. The highest BCUT2D eigenvalue weighted by atomic mass is 35.5. The van der Waals surface area contributed by atoms with Crippen molar-refractivity contribution >= 4 is 23.3 Å². The summed E-state index contributed by atoms with van der Waals surface area (Å²) in [6.45, 7) is 5.61. The molecule has 1 aromatic heterocycles. The Hall–Kier alpha value is -1.29. The fourth-order valence-electron chi connectivity index (χ4n) is 2.23. The highest BCUT2D eigenvalue weighted by molar-refractivity contribution is 6.30. The van der Waals surface area contributed by atoms with Gasteiger partial charge in [-0.1, -0.05) is 25.4 Å². The Labute approximate surface area is 119 Å². The third-order valence-corrected chi connectivity index (χ3v) is 3.55. The SMILES string of the molecule is CC(C)C(=O)NC1CCCN(c2ccc(Cl)cn2)C1. The second-order valence-electron chi connectivity index (χ2n) is 5.28. The summed E-state index contributed by atoms with van der Waals surface area (Å²) < 4.78 is 0. The molecule has 104 valence electrons. The lowest BCUT2D eigenvalue weighted by Crippen LogP contribution is -2.49. The molecule has 0 saturated carbocycles. The summed E-state index contributed by atoms with van der Waals surface area (Å²) in [6.07, 6.45) is 3.75. The first-order valence-corrected chi connectivity index (χ1v) is 7.11. The van der Waals surface area contributed by atoms with Crippen LogP contribution in [0.15, 0.2) is 18.3 Å². The van der Waals surface area contributed by atoms with E-state index in [4.69, 9.17) is 11.6 Å². The molecule has 1 fully saturated rings. The maximum absolute atomic E-state index is 11.7. The number of nitrogens with one attached hydrogen (secondary N) is 1. The van der Waals surface area contributed by atoms with E-state index in [0.29, 0.717) is 5.02 Å². The van der Waals surface area contributed by atoms with E-state index < -0.39 is 0 Å². The van der Waals surface area contributed by atoms with Crippen molar-refractivity contribution in [2.24, 2.45) is 5.92 Å². The number of carbonyl (C=O) groups excluding carboxylic acids is 1. The molecule has 0 aromatic carbocycles. The number of rotatable bonds is 3. The van der Waals surface area contributed by atoms with Crippen molar-refractivity contribution in [1.82, 2.24) is 10.3 Å². The summed E-state index contributed by atoms with van der Waals surface area (Å²) in [4.78, 5) is 18.3. The number of nitrogens with zero attached hydrogens (tertiary/aromatic N) is 2. The minimum absolute atomic E-state index is 0.0315. The topological polar surface area (TPSA) is 45.2 Å². The zero-order valence-corrected chi connectivity index (χ0v) is 12.2. The molecule has 1 saturated heterocycles. The van der Waals surface area contributed by atoms with E-state index in [0.717, 1.165) is 31.7 Å². The van der Waals surface area contributed by atoms with Gasteiger partial charge in [0.2, 0.25) is 5.91 Å². The van der Waals surface area contributed by atoms with E-state index in [1.54, 1.807) is 6.20 Å². The van der Waals surface area contributed by atoms with Crippen LogP contribution in [-0.4, -0.2) is 30.0 Å². The molecule has 1 N–H and O–H groups in total. The quantitative estimate of drug-likeness (QED) is 0.926.